The minimum Gasteiger partial charge on any atom is -0.455 e. The van der Waals surface area contributed by atoms with E-state index in [1.54, 1.807) is 0 Å². The van der Waals surface area contributed by atoms with Crippen molar-refractivity contribution < 1.29 is 4.42 Å². The van der Waals surface area contributed by atoms with Crippen LogP contribution in [0.3, 0.4) is 0 Å². The maximum Gasteiger partial charge on any atom is 0.164 e. The summed E-state index contributed by atoms with van der Waals surface area (Å²) >= 11 is 0. The molecule has 5 nitrogen and oxygen atoms in total. The van der Waals surface area contributed by atoms with Gasteiger partial charge in [0.2, 0.25) is 0 Å². The summed E-state index contributed by atoms with van der Waals surface area (Å²) in [6.45, 7) is 0. The van der Waals surface area contributed by atoms with Crippen LogP contribution in [0.15, 0.2) is 199 Å². The molecule has 0 unspecified atom stereocenters. The zero-order chi connectivity index (χ0) is 38.1. The minimum atomic E-state index is 0.543. The molecule has 0 aliphatic heterocycles. The molecule has 266 valence electrons. The highest BCUT2D eigenvalue weighted by Crippen LogP contribution is 2.45. The second kappa shape index (κ2) is 14.4. The first-order valence-electron chi connectivity index (χ1n) is 18.8. The molecule has 0 atom stereocenters. The first kappa shape index (κ1) is 33.6. The van der Waals surface area contributed by atoms with Crippen LogP contribution in [0, 0.1) is 11.3 Å². The third-order valence-electron chi connectivity index (χ3n) is 10.4. The summed E-state index contributed by atoms with van der Waals surface area (Å²) in [6.07, 6.45) is 0. The summed E-state index contributed by atoms with van der Waals surface area (Å²) in [7, 11) is 0. The number of aromatic nitrogens is 3. The van der Waals surface area contributed by atoms with E-state index in [9.17, 15) is 5.26 Å². The largest absolute Gasteiger partial charge is 0.455 e. The van der Waals surface area contributed by atoms with Crippen LogP contribution in [0.4, 0.5) is 0 Å². The molecule has 2 aromatic heterocycles. The Morgan fingerprint density at radius 1 is 0.386 bits per heavy atom. The molecule has 0 aliphatic rings. The Morgan fingerprint density at radius 2 is 0.912 bits per heavy atom. The van der Waals surface area contributed by atoms with Crippen LogP contribution in [-0.2, 0) is 0 Å². The van der Waals surface area contributed by atoms with Crippen molar-refractivity contribution in [2.45, 2.75) is 0 Å². The van der Waals surface area contributed by atoms with E-state index in [2.05, 4.69) is 91.0 Å². The molecule has 0 bridgehead atoms. The first-order valence-corrected chi connectivity index (χ1v) is 18.8. The summed E-state index contributed by atoms with van der Waals surface area (Å²) in [5.41, 5.74) is 13.2. The normalized spacial score (nSPS) is 11.1. The quantitative estimate of drug-likeness (QED) is 0.163. The highest BCUT2D eigenvalue weighted by molar-refractivity contribution is 6.17. The monoisotopic (exact) mass is 728 g/mol. The van der Waals surface area contributed by atoms with Crippen molar-refractivity contribution in [2.24, 2.45) is 0 Å². The molecular weight excluding hydrogens is 697 g/mol. The average molecular weight is 729 g/mol. The molecular formula is C52H32N4O. The van der Waals surface area contributed by atoms with Gasteiger partial charge in [0.1, 0.15) is 11.2 Å². The Kier molecular flexibility index (Phi) is 8.48. The van der Waals surface area contributed by atoms with E-state index in [1.165, 1.54) is 5.56 Å². The van der Waals surface area contributed by atoms with Gasteiger partial charge in [-0.3, -0.25) is 0 Å². The third-order valence-corrected chi connectivity index (χ3v) is 10.4. The number of benzene rings is 8. The first-order chi connectivity index (χ1) is 28.2. The van der Waals surface area contributed by atoms with Crippen molar-refractivity contribution in [1.29, 1.82) is 5.26 Å². The molecule has 0 fully saturated rings. The van der Waals surface area contributed by atoms with Crippen molar-refractivity contribution in [3.8, 4) is 84.7 Å². The van der Waals surface area contributed by atoms with Gasteiger partial charge in [0.25, 0.3) is 0 Å². The van der Waals surface area contributed by atoms with Gasteiger partial charge in [-0.2, -0.15) is 5.26 Å². The predicted molar refractivity (Wildman–Crippen MR) is 230 cm³/mol. The molecule has 5 heteroatoms. The molecule has 57 heavy (non-hydrogen) atoms. The van der Waals surface area contributed by atoms with Gasteiger partial charge in [-0.1, -0.05) is 158 Å². The second-order valence-corrected chi connectivity index (χ2v) is 13.9. The van der Waals surface area contributed by atoms with Crippen molar-refractivity contribution in [3.05, 3.63) is 200 Å². The molecule has 0 N–H and O–H groups in total. The number of fused-ring (bicyclic) bond motifs is 3. The lowest BCUT2D eigenvalue weighted by Crippen LogP contribution is -2.01. The molecule has 10 aromatic rings. The number of nitrogens with zero attached hydrogens (tertiary/aromatic N) is 4. The number of furan rings is 1. The van der Waals surface area contributed by atoms with Crippen molar-refractivity contribution in [2.75, 3.05) is 0 Å². The standard InChI is InChI=1S/C52H32N4O/c53-33-34-13-10-20-40(31-34)36-25-27-39(28-26-36)51-54-50(38-18-8-3-9-19-38)55-52(56-51)45-30-29-44-48-43(42-22-11-21-41(32-42)35-14-4-1-5-15-35)23-12-24-46(48)57-49(44)47(45)37-16-6-2-7-17-37/h1-32H. The Balaban J connectivity index is 1.16. The topological polar surface area (TPSA) is 75.6 Å². The molecule has 0 aliphatic carbocycles. The maximum atomic E-state index is 9.46. The zero-order valence-corrected chi connectivity index (χ0v) is 30.7. The molecule has 10 rings (SSSR count). The number of hydrogen-bond donors (Lipinski definition) is 0. The lowest BCUT2D eigenvalue weighted by Gasteiger charge is -2.13. The van der Waals surface area contributed by atoms with Crippen LogP contribution in [0.2, 0.25) is 0 Å². The predicted octanol–water partition coefficient (Wildman–Crippen LogP) is 13.3. The number of hydrogen-bond acceptors (Lipinski definition) is 5. The SMILES string of the molecule is N#Cc1cccc(-c2ccc(-c3nc(-c4ccccc4)nc(-c4ccc5c(oc6cccc(-c7cccc(-c8ccccc8)c7)c65)c4-c4ccccc4)n3)cc2)c1. The summed E-state index contributed by atoms with van der Waals surface area (Å²) in [4.78, 5) is 15.3. The fourth-order valence-corrected chi connectivity index (χ4v) is 7.63. The smallest absolute Gasteiger partial charge is 0.164 e. The van der Waals surface area contributed by atoms with Crippen LogP contribution >= 0.6 is 0 Å². The van der Waals surface area contributed by atoms with E-state index in [0.29, 0.717) is 23.0 Å². The summed E-state index contributed by atoms with van der Waals surface area (Å²) in [6, 6.07) is 68.0. The highest BCUT2D eigenvalue weighted by atomic mass is 16.3. The van der Waals surface area contributed by atoms with Gasteiger partial charge in [-0.05, 0) is 75.3 Å². The van der Waals surface area contributed by atoms with E-state index in [4.69, 9.17) is 19.4 Å². The molecule has 0 radical (unpaired) electrons. The summed E-state index contributed by atoms with van der Waals surface area (Å²) < 4.78 is 6.89. The van der Waals surface area contributed by atoms with Gasteiger partial charge >= 0.3 is 0 Å². The van der Waals surface area contributed by atoms with Crippen LogP contribution in [-0.4, -0.2) is 15.0 Å². The molecule has 0 saturated heterocycles. The van der Waals surface area contributed by atoms with Crippen LogP contribution in [0.25, 0.3) is 101 Å². The zero-order valence-electron chi connectivity index (χ0n) is 30.7. The van der Waals surface area contributed by atoms with Gasteiger partial charge in [0, 0.05) is 33.0 Å². The average Bonchev–Trinajstić information content (AvgIpc) is 3.69. The van der Waals surface area contributed by atoms with Gasteiger partial charge in [0.15, 0.2) is 17.5 Å². The fraction of sp³-hybridized carbons (Fsp3) is 0. The highest BCUT2D eigenvalue weighted by Gasteiger charge is 2.22. The second-order valence-electron chi connectivity index (χ2n) is 13.9. The Bertz CT molecular complexity index is 3110. The fourth-order valence-electron chi connectivity index (χ4n) is 7.63. The maximum absolute atomic E-state index is 9.46. The van der Waals surface area contributed by atoms with E-state index in [1.807, 2.05) is 109 Å². The Hall–Kier alpha value is -7.94. The molecule has 0 amide bonds. The number of nitriles is 1. The summed E-state index contributed by atoms with van der Waals surface area (Å²) in [5.74, 6) is 1.67. The molecule has 0 saturated carbocycles. The summed E-state index contributed by atoms with van der Waals surface area (Å²) in [5, 5.41) is 11.5. The number of rotatable bonds is 7. The van der Waals surface area contributed by atoms with E-state index in [-0.39, 0.29) is 0 Å². The van der Waals surface area contributed by atoms with Crippen LogP contribution in [0.5, 0.6) is 0 Å². The molecule has 0 spiro atoms. The minimum absolute atomic E-state index is 0.543. The molecule has 8 aromatic carbocycles. The van der Waals surface area contributed by atoms with Crippen LogP contribution in [0.1, 0.15) is 5.56 Å². The van der Waals surface area contributed by atoms with Gasteiger partial charge < -0.3 is 4.42 Å². The molecule has 2 heterocycles. The Morgan fingerprint density at radius 3 is 1.61 bits per heavy atom. The Labute approximate surface area is 329 Å². The van der Waals surface area contributed by atoms with Gasteiger partial charge in [-0.25, -0.2) is 15.0 Å². The van der Waals surface area contributed by atoms with E-state index in [0.717, 1.165) is 77.6 Å². The van der Waals surface area contributed by atoms with Crippen molar-refractivity contribution >= 4 is 21.9 Å². The van der Waals surface area contributed by atoms with Crippen molar-refractivity contribution in [3.63, 3.8) is 0 Å². The van der Waals surface area contributed by atoms with Crippen molar-refractivity contribution in [1.82, 2.24) is 15.0 Å². The van der Waals surface area contributed by atoms with E-state index >= 15 is 0 Å². The lowest BCUT2D eigenvalue weighted by molar-refractivity contribution is 0.670. The van der Waals surface area contributed by atoms with Gasteiger partial charge in [-0.15, -0.1) is 0 Å². The van der Waals surface area contributed by atoms with E-state index < -0.39 is 0 Å². The van der Waals surface area contributed by atoms with Gasteiger partial charge in [0.05, 0.1) is 11.6 Å². The third kappa shape index (κ3) is 6.32. The lowest BCUT2D eigenvalue weighted by atomic mass is 9.93. The van der Waals surface area contributed by atoms with Crippen LogP contribution < -0.4 is 0 Å².